The van der Waals surface area contributed by atoms with Gasteiger partial charge in [-0.3, -0.25) is 4.79 Å². The molecule has 0 aliphatic heterocycles. The van der Waals surface area contributed by atoms with E-state index in [-0.39, 0.29) is 6.42 Å². The monoisotopic (exact) mass is 310 g/mol. The number of hydrogen-bond donors (Lipinski definition) is 1. The van der Waals surface area contributed by atoms with Gasteiger partial charge in [0.05, 0.1) is 6.42 Å². The maximum Gasteiger partial charge on any atom is 0.304 e. The number of benzene rings is 1. The minimum absolute atomic E-state index is 0.123. The maximum atomic E-state index is 10.7. The van der Waals surface area contributed by atoms with Crippen molar-refractivity contribution < 1.29 is 9.90 Å². The van der Waals surface area contributed by atoms with E-state index in [2.05, 4.69) is 15.9 Å². The standard InChI is InChI=1S/C10H9BrCl2O2/c11-10(12,13)8(6-9(14)15)7-4-2-1-3-5-7/h1-5,8H,6H2,(H,14,15). The van der Waals surface area contributed by atoms with E-state index in [1.54, 1.807) is 12.1 Å². The largest absolute Gasteiger partial charge is 0.481 e. The molecule has 0 fully saturated rings. The first-order valence-electron chi connectivity index (χ1n) is 4.24. The second-order valence-corrected chi connectivity index (χ2v) is 6.65. The Labute approximate surface area is 106 Å². The molecule has 15 heavy (non-hydrogen) atoms. The maximum absolute atomic E-state index is 10.7. The van der Waals surface area contributed by atoms with Crippen LogP contribution in [-0.4, -0.2) is 14.3 Å². The van der Waals surface area contributed by atoms with E-state index in [0.29, 0.717) is 0 Å². The molecule has 0 heterocycles. The molecule has 0 radical (unpaired) electrons. The predicted octanol–water partition coefficient (Wildman–Crippen LogP) is 3.77. The number of carbonyl (C=O) groups is 1. The Hall–Kier alpha value is -0.250. The molecule has 0 saturated heterocycles. The molecule has 1 unspecified atom stereocenters. The van der Waals surface area contributed by atoms with Crippen molar-refractivity contribution in [1.82, 2.24) is 0 Å². The van der Waals surface area contributed by atoms with Gasteiger partial charge in [0.1, 0.15) is 0 Å². The summed E-state index contributed by atoms with van der Waals surface area (Å²) in [6, 6.07) is 9.08. The van der Waals surface area contributed by atoms with Gasteiger partial charge in [-0.2, -0.15) is 0 Å². The molecule has 82 valence electrons. The molecule has 0 bridgehead atoms. The summed E-state index contributed by atoms with van der Waals surface area (Å²) < 4.78 is -1.27. The zero-order valence-corrected chi connectivity index (χ0v) is 10.8. The minimum Gasteiger partial charge on any atom is -0.481 e. The summed E-state index contributed by atoms with van der Waals surface area (Å²) in [4.78, 5) is 10.7. The van der Waals surface area contributed by atoms with Crippen LogP contribution in [0.5, 0.6) is 0 Å². The SMILES string of the molecule is O=C(O)CC(c1ccccc1)C(Cl)(Cl)Br. The molecule has 0 aliphatic rings. The molecule has 0 aliphatic carbocycles. The van der Waals surface area contributed by atoms with Crippen LogP contribution in [0.4, 0.5) is 0 Å². The van der Waals surface area contributed by atoms with Gasteiger partial charge in [-0.1, -0.05) is 53.5 Å². The van der Waals surface area contributed by atoms with Gasteiger partial charge in [0.15, 0.2) is 3.24 Å². The highest BCUT2D eigenvalue weighted by molar-refractivity contribution is 9.11. The lowest BCUT2D eigenvalue weighted by Gasteiger charge is -2.23. The summed E-state index contributed by atoms with van der Waals surface area (Å²) in [6.07, 6.45) is -0.123. The molecule has 1 atom stereocenters. The van der Waals surface area contributed by atoms with E-state index in [1.165, 1.54) is 0 Å². The summed E-state index contributed by atoms with van der Waals surface area (Å²) in [5.41, 5.74) is 0.793. The average molecular weight is 312 g/mol. The first-order chi connectivity index (χ1) is 6.91. The van der Waals surface area contributed by atoms with Gasteiger partial charge in [-0.05, 0) is 21.5 Å². The normalized spacial score (nSPS) is 13.5. The van der Waals surface area contributed by atoms with Gasteiger partial charge >= 0.3 is 5.97 Å². The molecule has 1 aromatic carbocycles. The van der Waals surface area contributed by atoms with Gasteiger partial charge in [-0.15, -0.1) is 0 Å². The first-order valence-corrected chi connectivity index (χ1v) is 5.79. The van der Waals surface area contributed by atoms with Crippen LogP contribution in [0.15, 0.2) is 30.3 Å². The van der Waals surface area contributed by atoms with Crippen molar-refractivity contribution >= 4 is 45.1 Å². The van der Waals surface area contributed by atoms with Crippen molar-refractivity contribution in [3.63, 3.8) is 0 Å². The second kappa shape index (κ2) is 5.19. The molecule has 0 spiro atoms. The molecule has 5 heteroatoms. The smallest absolute Gasteiger partial charge is 0.304 e. The number of rotatable bonds is 4. The molecule has 1 rings (SSSR count). The number of carboxylic acid groups (broad SMARTS) is 1. The highest BCUT2D eigenvalue weighted by Crippen LogP contribution is 2.44. The van der Waals surface area contributed by atoms with Crippen LogP contribution in [0.3, 0.4) is 0 Å². The summed E-state index contributed by atoms with van der Waals surface area (Å²) in [5.74, 6) is -1.42. The zero-order chi connectivity index (χ0) is 11.5. The fourth-order valence-corrected chi connectivity index (χ4v) is 2.12. The number of carboxylic acids is 1. The lowest BCUT2D eigenvalue weighted by atomic mass is 9.97. The third-order valence-electron chi connectivity index (χ3n) is 1.98. The van der Waals surface area contributed by atoms with Gasteiger partial charge < -0.3 is 5.11 Å². The summed E-state index contributed by atoms with van der Waals surface area (Å²) in [7, 11) is 0. The number of alkyl halides is 3. The number of halogens is 3. The van der Waals surface area contributed by atoms with Crippen LogP contribution in [-0.2, 0) is 4.79 Å². The molecule has 0 amide bonds. The highest BCUT2D eigenvalue weighted by atomic mass is 79.9. The van der Waals surface area contributed by atoms with Crippen LogP contribution in [0.1, 0.15) is 17.9 Å². The minimum atomic E-state index is -1.27. The highest BCUT2D eigenvalue weighted by Gasteiger charge is 2.34. The van der Waals surface area contributed by atoms with E-state index in [1.807, 2.05) is 18.2 Å². The van der Waals surface area contributed by atoms with E-state index in [9.17, 15) is 4.79 Å². The van der Waals surface area contributed by atoms with Crippen molar-refractivity contribution in [3.8, 4) is 0 Å². The lowest BCUT2D eigenvalue weighted by Crippen LogP contribution is -2.19. The molecule has 0 aromatic heterocycles. The van der Waals surface area contributed by atoms with E-state index in [4.69, 9.17) is 28.3 Å². The Morgan fingerprint density at radius 2 is 1.93 bits per heavy atom. The Morgan fingerprint density at radius 1 is 1.40 bits per heavy atom. The molecule has 1 aromatic rings. The third-order valence-corrected chi connectivity index (χ3v) is 3.06. The van der Waals surface area contributed by atoms with Crippen molar-refractivity contribution in [2.75, 3.05) is 0 Å². The zero-order valence-electron chi connectivity index (χ0n) is 7.66. The van der Waals surface area contributed by atoms with Crippen LogP contribution >= 0.6 is 39.1 Å². The number of hydrogen-bond acceptors (Lipinski definition) is 1. The molecule has 0 saturated carbocycles. The Balaban J connectivity index is 2.97. The second-order valence-electron chi connectivity index (χ2n) is 3.10. The predicted molar refractivity (Wildman–Crippen MR) is 64.8 cm³/mol. The van der Waals surface area contributed by atoms with Crippen LogP contribution in [0, 0.1) is 0 Å². The van der Waals surface area contributed by atoms with Crippen LogP contribution in [0.25, 0.3) is 0 Å². The number of aliphatic carboxylic acids is 1. The Bertz CT molecular complexity index is 335. The first kappa shape index (κ1) is 12.8. The molecule has 1 N–H and O–H groups in total. The molecule has 2 nitrogen and oxygen atoms in total. The van der Waals surface area contributed by atoms with Gasteiger partial charge in [0, 0.05) is 5.92 Å². The summed E-state index contributed by atoms with van der Waals surface area (Å²) >= 11 is 14.9. The van der Waals surface area contributed by atoms with Gasteiger partial charge in [-0.25, -0.2) is 0 Å². The summed E-state index contributed by atoms with van der Waals surface area (Å²) in [5, 5.41) is 8.77. The van der Waals surface area contributed by atoms with Crippen molar-refractivity contribution in [2.24, 2.45) is 0 Å². The van der Waals surface area contributed by atoms with Crippen molar-refractivity contribution in [3.05, 3.63) is 35.9 Å². The molecular weight excluding hydrogens is 303 g/mol. The Kier molecular flexibility index (Phi) is 4.44. The van der Waals surface area contributed by atoms with Gasteiger partial charge in [0.25, 0.3) is 0 Å². The van der Waals surface area contributed by atoms with Gasteiger partial charge in [0.2, 0.25) is 0 Å². The van der Waals surface area contributed by atoms with E-state index >= 15 is 0 Å². The summed E-state index contributed by atoms with van der Waals surface area (Å²) in [6.45, 7) is 0. The van der Waals surface area contributed by atoms with Crippen LogP contribution in [0.2, 0.25) is 0 Å². The average Bonchev–Trinajstić information content (AvgIpc) is 2.14. The van der Waals surface area contributed by atoms with Crippen LogP contribution < -0.4 is 0 Å². The Morgan fingerprint density at radius 3 is 2.33 bits per heavy atom. The quantitative estimate of drug-likeness (QED) is 0.859. The fraction of sp³-hybridized carbons (Fsp3) is 0.300. The molecular formula is C10H9BrCl2O2. The topological polar surface area (TPSA) is 37.3 Å². The van der Waals surface area contributed by atoms with E-state index in [0.717, 1.165) is 5.56 Å². The van der Waals surface area contributed by atoms with Crippen molar-refractivity contribution in [2.45, 2.75) is 15.6 Å². The lowest BCUT2D eigenvalue weighted by molar-refractivity contribution is -0.137. The van der Waals surface area contributed by atoms with Crippen molar-refractivity contribution in [1.29, 1.82) is 0 Å². The van der Waals surface area contributed by atoms with E-state index < -0.39 is 15.1 Å². The fourth-order valence-electron chi connectivity index (χ4n) is 1.28. The third kappa shape index (κ3) is 4.01.